The largest absolute Gasteiger partial charge is 0.465 e. The molecule has 0 atom stereocenters. The monoisotopic (exact) mass is 189 g/mol. The second-order valence-electron chi connectivity index (χ2n) is 1.91. The fourth-order valence-corrected chi connectivity index (χ4v) is 0.686. The lowest BCUT2D eigenvalue weighted by Crippen LogP contribution is -2.14. The van der Waals surface area contributed by atoms with E-state index in [0.717, 1.165) is 0 Å². The van der Waals surface area contributed by atoms with Crippen molar-refractivity contribution >= 4 is 18.4 Å². The zero-order valence-corrected chi connectivity index (χ0v) is 7.18. The van der Waals surface area contributed by atoms with Gasteiger partial charge in [-0.05, 0) is 0 Å². The highest BCUT2D eigenvalue weighted by Crippen LogP contribution is 1.89. The van der Waals surface area contributed by atoms with Gasteiger partial charge in [-0.2, -0.15) is 0 Å². The van der Waals surface area contributed by atoms with E-state index in [4.69, 9.17) is 0 Å². The predicted octanol–water partition coefficient (Wildman–Crippen LogP) is 0.583. The molecule has 1 aromatic heterocycles. The van der Waals surface area contributed by atoms with Gasteiger partial charge in [-0.1, -0.05) is 0 Å². The van der Waals surface area contributed by atoms with E-state index in [1.807, 2.05) is 0 Å². The van der Waals surface area contributed by atoms with Crippen molar-refractivity contribution < 1.29 is 9.53 Å². The quantitative estimate of drug-likeness (QED) is 0.658. The van der Waals surface area contributed by atoms with Gasteiger partial charge in [0.05, 0.1) is 7.11 Å². The number of hydrogen-bond acceptors (Lipinski definition) is 3. The van der Waals surface area contributed by atoms with E-state index in [-0.39, 0.29) is 23.4 Å². The van der Waals surface area contributed by atoms with Gasteiger partial charge in [0.15, 0.2) is 5.43 Å². The molecule has 66 valence electrons. The molecule has 0 fully saturated rings. The lowest BCUT2D eigenvalue weighted by Gasteiger charge is -1.94. The highest BCUT2D eigenvalue weighted by Gasteiger charge is 2.07. The number of ether oxygens (including phenoxy) is 1. The Balaban J connectivity index is 0.00000121. The summed E-state index contributed by atoms with van der Waals surface area (Å²) in [6.45, 7) is 0. The van der Waals surface area contributed by atoms with Gasteiger partial charge in [-0.15, -0.1) is 12.4 Å². The number of carbonyl (C=O) groups excluding carboxylic acids is 1. The minimum absolute atomic E-state index is 0. The number of methoxy groups -OCH3 is 1. The van der Waals surface area contributed by atoms with E-state index in [0.29, 0.717) is 0 Å². The van der Waals surface area contributed by atoms with Crippen LogP contribution in [0.3, 0.4) is 0 Å². The van der Waals surface area contributed by atoms with Crippen LogP contribution in [-0.4, -0.2) is 18.1 Å². The Hall–Kier alpha value is -1.29. The molecule has 0 amide bonds. The maximum Gasteiger partial charge on any atom is 0.343 e. The maximum atomic E-state index is 10.9. The van der Waals surface area contributed by atoms with E-state index >= 15 is 0 Å². The van der Waals surface area contributed by atoms with Crippen LogP contribution in [0.15, 0.2) is 23.3 Å². The van der Waals surface area contributed by atoms with Crippen molar-refractivity contribution in [3.63, 3.8) is 0 Å². The second-order valence-corrected chi connectivity index (χ2v) is 1.91. The number of hydrogen-bond donors (Lipinski definition) is 1. The summed E-state index contributed by atoms with van der Waals surface area (Å²) in [5, 5.41) is 0. The number of carbonyl (C=O) groups is 1. The number of aromatic amines is 1. The van der Waals surface area contributed by atoms with Crippen LogP contribution in [0, 0.1) is 0 Å². The van der Waals surface area contributed by atoms with Crippen molar-refractivity contribution in [2.45, 2.75) is 0 Å². The molecule has 1 rings (SSSR count). The molecular weight excluding hydrogens is 182 g/mol. The third kappa shape index (κ3) is 2.10. The van der Waals surface area contributed by atoms with Gasteiger partial charge in [0.2, 0.25) is 0 Å². The smallest absolute Gasteiger partial charge is 0.343 e. The summed E-state index contributed by atoms with van der Waals surface area (Å²) in [5.74, 6) is -0.619. The van der Waals surface area contributed by atoms with Crippen LogP contribution < -0.4 is 5.43 Å². The Morgan fingerprint density at radius 3 is 2.75 bits per heavy atom. The van der Waals surface area contributed by atoms with Gasteiger partial charge >= 0.3 is 5.97 Å². The van der Waals surface area contributed by atoms with Crippen LogP contribution in [0.5, 0.6) is 0 Å². The standard InChI is InChI=1S/C7H7NO3.ClH/c1-11-7(10)5-4-8-3-2-6(5)9;/h2-4H,1H3,(H,8,9);1H. The molecule has 0 saturated carbocycles. The first-order valence-corrected chi connectivity index (χ1v) is 3.01. The highest BCUT2D eigenvalue weighted by atomic mass is 35.5. The molecule has 0 radical (unpaired) electrons. The average molecular weight is 190 g/mol. The van der Waals surface area contributed by atoms with Gasteiger partial charge < -0.3 is 9.72 Å². The summed E-state index contributed by atoms with van der Waals surface area (Å²) < 4.78 is 4.36. The Kier molecular flexibility index (Phi) is 4.07. The summed E-state index contributed by atoms with van der Waals surface area (Å²) in [4.78, 5) is 24.3. The third-order valence-electron chi connectivity index (χ3n) is 1.23. The fraction of sp³-hybridized carbons (Fsp3) is 0.143. The zero-order chi connectivity index (χ0) is 8.27. The first kappa shape index (κ1) is 10.7. The average Bonchev–Trinajstić information content (AvgIpc) is 2.04. The van der Waals surface area contributed by atoms with E-state index in [9.17, 15) is 9.59 Å². The first-order chi connectivity index (χ1) is 5.25. The molecule has 0 bridgehead atoms. The molecule has 1 heterocycles. The molecule has 12 heavy (non-hydrogen) atoms. The van der Waals surface area contributed by atoms with Crippen LogP contribution in [0.1, 0.15) is 10.4 Å². The maximum absolute atomic E-state index is 10.9. The van der Waals surface area contributed by atoms with Crippen LogP contribution >= 0.6 is 12.4 Å². The Bertz CT molecular complexity index is 320. The summed E-state index contributed by atoms with van der Waals surface area (Å²) >= 11 is 0. The van der Waals surface area contributed by atoms with Crippen molar-refractivity contribution in [1.29, 1.82) is 0 Å². The van der Waals surface area contributed by atoms with Crippen molar-refractivity contribution in [1.82, 2.24) is 4.98 Å². The number of H-pyrrole nitrogens is 1. The topological polar surface area (TPSA) is 59.2 Å². The van der Waals surface area contributed by atoms with Crippen molar-refractivity contribution in [3.8, 4) is 0 Å². The first-order valence-electron chi connectivity index (χ1n) is 3.01. The zero-order valence-electron chi connectivity index (χ0n) is 6.37. The van der Waals surface area contributed by atoms with Crippen LogP contribution in [0.2, 0.25) is 0 Å². The molecule has 0 spiro atoms. The summed E-state index contributed by atoms with van der Waals surface area (Å²) in [6.07, 6.45) is 2.77. The van der Waals surface area contributed by atoms with Crippen LogP contribution in [-0.2, 0) is 4.74 Å². The molecule has 4 nitrogen and oxygen atoms in total. The number of halogens is 1. The van der Waals surface area contributed by atoms with Gasteiger partial charge in [-0.25, -0.2) is 4.79 Å². The normalized spacial score (nSPS) is 8.42. The molecule has 0 saturated heterocycles. The highest BCUT2D eigenvalue weighted by molar-refractivity contribution is 5.88. The van der Waals surface area contributed by atoms with Gasteiger partial charge in [0, 0.05) is 18.5 Å². The van der Waals surface area contributed by atoms with Crippen LogP contribution in [0.25, 0.3) is 0 Å². The molecule has 0 aliphatic heterocycles. The Morgan fingerprint density at radius 2 is 2.25 bits per heavy atom. The number of esters is 1. The van der Waals surface area contributed by atoms with Crippen molar-refractivity contribution in [2.75, 3.05) is 7.11 Å². The lowest BCUT2D eigenvalue weighted by molar-refractivity contribution is 0.0599. The number of aromatic nitrogens is 1. The Labute approximate surface area is 75.0 Å². The van der Waals surface area contributed by atoms with Gasteiger partial charge in [0.1, 0.15) is 5.56 Å². The molecule has 0 aliphatic rings. The van der Waals surface area contributed by atoms with E-state index in [1.54, 1.807) is 0 Å². The van der Waals surface area contributed by atoms with Crippen molar-refractivity contribution in [3.05, 3.63) is 34.2 Å². The molecule has 0 unspecified atom stereocenters. The van der Waals surface area contributed by atoms with Gasteiger partial charge in [0.25, 0.3) is 0 Å². The molecule has 1 aromatic rings. The second kappa shape index (κ2) is 4.56. The lowest BCUT2D eigenvalue weighted by atomic mass is 10.3. The summed E-state index contributed by atoms with van der Waals surface area (Å²) in [5.41, 5.74) is -0.314. The molecular formula is C7H8ClNO3. The van der Waals surface area contributed by atoms with E-state index in [1.165, 1.54) is 25.6 Å². The van der Waals surface area contributed by atoms with Gasteiger partial charge in [-0.3, -0.25) is 4.79 Å². The minimum atomic E-state index is -0.619. The summed E-state index contributed by atoms with van der Waals surface area (Å²) in [6, 6.07) is 1.27. The van der Waals surface area contributed by atoms with Crippen molar-refractivity contribution in [2.24, 2.45) is 0 Å². The number of nitrogens with one attached hydrogen (secondary N) is 1. The molecule has 0 aromatic carbocycles. The van der Waals surface area contributed by atoms with E-state index in [2.05, 4.69) is 9.72 Å². The molecule has 5 heteroatoms. The van der Waals surface area contributed by atoms with E-state index < -0.39 is 5.97 Å². The SMILES string of the molecule is COC(=O)c1c[nH]ccc1=O.Cl. The Morgan fingerprint density at radius 1 is 1.58 bits per heavy atom. The number of rotatable bonds is 1. The molecule has 0 aliphatic carbocycles. The third-order valence-corrected chi connectivity index (χ3v) is 1.23. The summed E-state index contributed by atoms with van der Waals surface area (Å²) in [7, 11) is 1.23. The predicted molar refractivity (Wildman–Crippen MR) is 45.7 cm³/mol. The minimum Gasteiger partial charge on any atom is -0.465 e. The number of pyridine rings is 1. The molecule has 1 N–H and O–H groups in total. The van der Waals surface area contributed by atoms with Crippen LogP contribution in [0.4, 0.5) is 0 Å². The fourth-order valence-electron chi connectivity index (χ4n) is 0.686.